The van der Waals surface area contributed by atoms with E-state index >= 15 is 0 Å². The van der Waals surface area contributed by atoms with Crippen LogP contribution in [0.5, 0.6) is 17.2 Å². The molecule has 1 amide bonds. The molecule has 0 saturated heterocycles. The number of carbonyl (C=O) groups is 1. The minimum absolute atomic E-state index is 0.109. The van der Waals surface area contributed by atoms with Gasteiger partial charge in [0, 0.05) is 12.5 Å². The Labute approximate surface area is 219 Å². The third-order valence-corrected chi connectivity index (χ3v) is 6.29. The number of nitrogens with zero attached hydrogens (tertiary/aromatic N) is 1. The zero-order valence-electron chi connectivity index (χ0n) is 20.8. The lowest BCUT2D eigenvalue weighted by Gasteiger charge is -2.12. The summed E-state index contributed by atoms with van der Waals surface area (Å²) < 4.78 is 16.2. The van der Waals surface area contributed by atoms with Crippen molar-refractivity contribution < 1.29 is 23.9 Å². The van der Waals surface area contributed by atoms with E-state index in [0.717, 1.165) is 33.9 Å². The third kappa shape index (κ3) is 5.08. The van der Waals surface area contributed by atoms with Crippen LogP contribution in [0.2, 0.25) is 0 Å². The van der Waals surface area contributed by atoms with Crippen LogP contribution in [-0.2, 0) is 6.42 Å². The number of fused-ring (bicyclic) bond motifs is 2. The van der Waals surface area contributed by atoms with Crippen molar-refractivity contribution in [3.05, 3.63) is 100 Å². The van der Waals surface area contributed by atoms with E-state index in [1.165, 1.54) is 13.2 Å². The second-order valence-corrected chi connectivity index (χ2v) is 8.64. The highest BCUT2D eigenvalue weighted by atomic mass is 16.6. The molecule has 0 spiro atoms. The molecular formula is C29H25N3O6. The van der Waals surface area contributed by atoms with Crippen molar-refractivity contribution in [1.82, 2.24) is 0 Å². The Bertz CT molecular complexity index is 1520. The largest absolute Gasteiger partial charge is 0.497 e. The van der Waals surface area contributed by atoms with Crippen molar-refractivity contribution in [2.75, 3.05) is 31.5 Å². The number of carbonyl (C=O) groups excluding carboxylic acids is 1. The first kappa shape index (κ1) is 24.6. The van der Waals surface area contributed by atoms with Gasteiger partial charge in [0.25, 0.3) is 5.91 Å². The molecule has 0 aliphatic carbocycles. The van der Waals surface area contributed by atoms with Gasteiger partial charge in [-0.3, -0.25) is 14.9 Å². The van der Waals surface area contributed by atoms with Crippen LogP contribution in [0.1, 0.15) is 15.9 Å². The van der Waals surface area contributed by atoms with Crippen LogP contribution in [0.4, 0.5) is 22.7 Å². The zero-order valence-corrected chi connectivity index (χ0v) is 20.8. The van der Waals surface area contributed by atoms with Gasteiger partial charge in [-0.15, -0.1) is 0 Å². The van der Waals surface area contributed by atoms with E-state index in [4.69, 9.17) is 14.2 Å². The molecule has 0 unspecified atom stereocenters. The number of methoxy groups -OCH3 is 2. The predicted molar refractivity (Wildman–Crippen MR) is 145 cm³/mol. The van der Waals surface area contributed by atoms with Gasteiger partial charge >= 0.3 is 5.69 Å². The van der Waals surface area contributed by atoms with E-state index in [0.29, 0.717) is 30.0 Å². The Balaban J connectivity index is 1.34. The number of ether oxygens (including phenoxy) is 3. The maximum absolute atomic E-state index is 13.0. The highest BCUT2D eigenvalue weighted by molar-refractivity contribution is 6.12. The standard InChI is InChI=1S/C29H25N3O6/c1-36-21-6-8-22(9-7-21)38-14-13-18-3-11-24-26(15-18)31-29(33)23-10-4-19(16-25(23)30-24)20-5-12-27(32(34)35)28(17-20)37-2/h3-12,15-17,30H,13-14H2,1-2H3,(H,31,33). The number of hydrogen-bond donors (Lipinski definition) is 2. The third-order valence-electron chi connectivity index (χ3n) is 6.29. The number of anilines is 3. The van der Waals surface area contributed by atoms with Crippen LogP contribution in [-0.4, -0.2) is 31.7 Å². The average Bonchev–Trinajstić information content (AvgIpc) is 3.07. The number of nitrogens with one attached hydrogen (secondary N) is 2. The Morgan fingerprint density at radius 1 is 0.763 bits per heavy atom. The zero-order chi connectivity index (χ0) is 26.6. The lowest BCUT2D eigenvalue weighted by Crippen LogP contribution is -2.11. The van der Waals surface area contributed by atoms with Gasteiger partial charge < -0.3 is 24.8 Å². The summed E-state index contributed by atoms with van der Waals surface area (Å²) in [7, 11) is 3.01. The highest BCUT2D eigenvalue weighted by Gasteiger charge is 2.21. The molecule has 9 heteroatoms. The number of amides is 1. The summed E-state index contributed by atoms with van der Waals surface area (Å²) in [6.45, 7) is 0.481. The normalized spacial score (nSPS) is 11.8. The maximum Gasteiger partial charge on any atom is 0.310 e. The molecule has 0 bridgehead atoms. The van der Waals surface area contributed by atoms with Crippen molar-refractivity contribution in [2.45, 2.75) is 6.42 Å². The molecule has 0 aromatic heterocycles. The van der Waals surface area contributed by atoms with Crippen LogP contribution in [0, 0.1) is 10.1 Å². The summed E-state index contributed by atoms with van der Waals surface area (Å²) >= 11 is 0. The van der Waals surface area contributed by atoms with E-state index in [1.807, 2.05) is 48.5 Å². The summed E-state index contributed by atoms with van der Waals surface area (Å²) in [6, 6.07) is 23.3. The molecule has 1 aliphatic heterocycles. The Morgan fingerprint density at radius 2 is 1.50 bits per heavy atom. The quantitative estimate of drug-likeness (QED) is 0.214. The predicted octanol–water partition coefficient (Wildman–Crippen LogP) is 6.21. The molecule has 4 aromatic carbocycles. The van der Waals surface area contributed by atoms with Crippen LogP contribution < -0.4 is 24.8 Å². The Morgan fingerprint density at radius 3 is 2.24 bits per heavy atom. The van der Waals surface area contributed by atoms with Crippen molar-refractivity contribution in [2.24, 2.45) is 0 Å². The van der Waals surface area contributed by atoms with E-state index in [9.17, 15) is 14.9 Å². The number of nitro groups is 1. The van der Waals surface area contributed by atoms with Crippen LogP contribution in [0.3, 0.4) is 0 Å². The first-order chi connectivity index (χ1) is 18.4. The smallest absolute Gasteiger partial charge is 0.310 e. The number of hydrogen-bond acceptors (Lipinski definition) is 7. The minimum Gasteiger partial charge on any atom is -0.497 e. The first-order valence-corrected chi connectivity index (χ1v) is 11.9. The molecule has 0 radical (unpaired) electrons. The molecule has 1 heterocycles. The summed E-state index contributed by atoms with van der Waals surface area (Å²) in [5, 5.41) is 17.6. The van der Waals surface area contributed by atoms with Crippen LogP contribution >= 0.6 is 0 Å². The van der Waals surface area contributed by atoms with Gasteiger partial charge in [0.1, 0.15) is 11.5 Å². The second kappa shape index (κ2) is 10.5. The molecule has 5 rings (SSSR count). The van der Waals surface area contributed by atoms with E-state index in [2.05, 4.69) is 10.6 Å². The fourth-order valence-corrected chi connectivity index (χ4v) is 4.29. The van der Waals surface area contributed by atoms with Crippen LogP contribution in [0.25, 0.3) is 11.1 Å². The van der Waals surface area contributed by atoms with E-state index in [-0.39, 0.29) is 17.3 Å². The molecule has 4 aromatic rings. The number of benzene rings is 4. The molecular weight excluding hydrogens is 486 g/mol. The topological polar surface area (TPSA) is 112 Å². The van der Waals surface area contributed by atoms with Gasteiger partial charge in [0.05, 0.1) is 48.4 Å². The molecule has 38 heavy (non-hydrogen) atoms. The summed E-state index contributed by atoms with van der Waals surface area (Å²) in [4.78, 5) is 23.8. The lowest BCUT2D eigenvalue weighted by molar-refractivity contribution is -0.385. The molecule has 2 N–H and O–H groups in total. The number of rotatable bonds is 8. The second-order valence-electron chi connectivity index (χ2n) is 8.64. The van der Waals surface area contributed by atoms with Gasteiger partial charge in [-0.25, -0.2) is 0 Å². The Hall–Kier alpha value is -5.05. The molecule has 0 atom stereocenters. The van der Waals surface area contributed by atoms with E-state index in [1.54, 1.807) is 31.4 Å². The monoisotopic (exact) mass is 511 g/mol. The fraction of sp³-hybridized carbons (Fsp3) is 0.138. The van der Waals surface area contributed by atoms with Crippen molar-refractivity contribution in [3.8, 4) is 28.4 Å². The van der Waals surface area contributed by atoms with Gasteiger partial charge in [-0.1, -0.05) is 12.1 Å². The first-order valence-electron chi connectivity index (χ1n) is 11.9. The molecule has 0 saturated carbocycles. The highest BCUT2D eigenvalue weighted by Crippen LogP contribution is 2.37. The molecule has 1 aliphatic rings. The van der Waals surface area contributed by atoms with Crippen molar-refractivity contribution in [1.29, 1.82) is 0 Å². The SMILES string of the molecule is COc1ccc(OCCc2ccc3c(c2)NC(=O)c2ccc(-c4ccc([N+](=O)[O-])c(OC)c4)cc2N3)cc1. The van der Waals surface area contributed by atoms with Crippen molar-refractivity contribution in [3.63, 3.8) is 0 Å². The fourth-order valence-electron chi connectivity index (χ4n) is 4.29. The summed E-state index contributed by atoms with van der Waals surface area (Å²) in [6.07, 6.45) is 0.661. The summed E-state index contributed by atoms with van der Waals surface area (Å²) in [5.74, 6) is 1.46. The molecule has 192 valence electrons. The van der Waals surface area contributed by atoms with Crippen molar-refractivity contribution >= 4 is 28.7 Å². The maximum atomic E-state index is 13.0. The van der Waals surface area contributed by atoms with Gasteiger partial charge in [0.15, 0.2) is 5.75 Å². The van der Waals surface area contributed by atoms with E-state index < -0.39 is 4.92 Å². The Kier molecular flexibility index (Phi) is 6.82. The van der Waals surface area contributed by atoms with Gasteiger partial charge in [-0.2, -0.15) is 0 Å². The molecule has 0 fully saturated rings. The summed E-state index contributed by atoms with van der Waals surface area (Å²) in [5.41, 5.74) is 4.98. The lowest BCUT2D eigenvalue weighted by atomic mass is 10.0. The average molecular weight is 512 g/mol. The van der Waals surface area contributed by atoms with Gasteiger partial charge in [-0.05, 0) is 77.4 Å². The molecule has 9 nitrogen and oxygen atoms in total. The van der Waals surface area contributed by atoms with Gasteiger partial charge in [0.2, 0.25) is 0 Å². The minimum atomic E-state index is -0.484. The number of nitro benzene ring substituents is 1. The van der Waals surface area contributed by atoms with Crippen LogP contribution in [0.15, 0.2) is 78.9 Å².